The number of rotatable bonds is 5. The number of carbonyl (C=O) groups is 1. The number of benzene rings is 2. The van der Waals surface area contributed by atoms with E-state index in [1.807, 2.05) is 13.0 Å². The van der Waals surface area contributed by atoms with Gasteiger partial charge >= 0.3 is 0 Å². The van der Waals surface area contributed by atoms with Crippen molar-refractivity contribution in [3.05, 3.63) is 71.9 Å². The second kappa shape index (κ2) is 7.24. The quantitative estimate of drug-likeness (QED) is 0.733. The van der Waals surface area contributed by atoms with Crippen LogP contribution >= 0.6 is 0 Å². The Balaban J connectivity index is 1.80. The number of aryl methyl sites for hydroxylation is 2. The van der Waals surface area contributed by atoms with E-state index in [1.165, 1.54) is 35.6 Å². The molecule has 3 aromatic rings. The van der Waals surface area contributed by atoms with Gasteiger partial charge in [0.2, 0.25) is 0 Å². The second-order valence-electron chi connectivity index (χ2n) is 6.08. The van der Waals surface area contributed by atoms with Crippen LogP contribution in [0.2, 0.25) is 0 Å². The van der Waals surface area contributed by atoms with Gasteiger partial charge in [-0.1, -0.05) is 18.2 Å². The Morgan fingerprint density at radius 3 is 2.26 bits per heavy atom. The number of sulfonamides is 1. The van der Waals surface area contributed by atoms with Crippen molar-refractivity contribution in [2.24, 2.45) is 7.05 Å². The van der Waals surface area contributed by atoms with Gasteiger partial charge in [0.05, 0.1) is 16.3 Å². The number of nitrogens with one attached hydrogen (secondary N) is 1. The molecule has 140 valence electrons. The van der Waals surface area contributed by atoms with E-state index in [1.54, 1.807) is 42.1 Å². The monoisotopic (exact) mass is 384 g/mol. The van der Waals surface area contributed by atoms with E-state index in [9.17, 15) is 13.2 Å². The number of hydrogen-bond acceptors (Lipinski definition) is 4. The molecule has 1 amide bonds. The van der Waals surface area contributed by atoms with E-state index < -0.39 is 10.0 Å². The van der Waals surface area contributed by atoms with Crippen LogP contribution in [0.25, 0.3) is 0 Å². The third-order valence-electron chi connectivity index (χ3n) is 4.14. The fourth-order valence-electron chi connectivity index (χ4n) is 2.63. The highest BCUT2D eigenvalue weighted by Crippen LogP contribution is 2.22. The highest BCUT2D eigenvalue weighted by atomic mass is 32.2. The van der Waals surface area contributed by atoms with Gasteiger partial charge < -0.3 is 5.32 Å². The molecule has 0 spiro atoms. The number of hydrogen-bond donors (Lipinski definition) is 1. The molecule has 0 saturated heterocycles. The molecule has 1 aromatic heterocycles. The van der Waals surface area contributed by atoms with Gasteiger partial charge in [-0.25, -0.2) is 8.42 Å². The van der Waals surface area contributed by atoms with Gasteiger partial charge in [0.15, 0.2) is 0 Å². The molecule has 1 heterocycles. The predicted molar refractivity (Wildman–Crippen MR) is 104 cm³/mol. The maximum atomic E-state index is 12.8. The van der Waals surface area contributed by atoms with Crippen molar-refractivity contribution in [3.63, 3.8) is 0 Å². The van der Waals surface area contributed by atoms with Gasteiger partial charge in [0.25, 0.3) is 15.9 Å². The van der Waals surface area contributed by atoms with Crippen LogP contribution in [0.4, 0.5) is 11.5 Å². The molecular weight excluding hydrogens is 364 g/mol. The topological polar surface area (TPSA) is 84.3 Å². The number of carbonyl (C=O) groups excluding carboxylic acids is 1. The molecule has 0 radical (unpaired) electrons. The Morgan fingerprint density at radius 2 is 1.70 bits per heavy atom. The van der Waals surface area contributed by atoms with Crippen molar-refractivity contribution in [1.29, 1.82) is 0 Å². The minimum atomic E-state index is -3.71. The maximum Gasteiger partial charge on any atom is 0.264 e. The molecule has 3 rings (SSSR count). The molecule has 0 aliphatic rings. The SMILES string of the molecule is Cc1cc(NC(=O)c2ccc(S(=O)(=O)N(C)c3ccccc3)cc2)n(C)n1. The first-order valence-electron chi connectivity index (χ1n) is 8.25. The molecule has 0 atom stereocenters. The second-order valence-corrected chi connectivity index (χ2v) is 8.05. The summed E-state index contributed by atoms with van der Waals surface area (Å²) >= 11 is 0. The lowest BCUT2D eigenvalue weighted by Crippen LogP contribution is -2.26. The van der Waals surface area contributed by atoms with Gasteiger partial charge in [-0.3, -0.25) is 13.8 Å². The summed E-state index contributed by atoms with van der Waals surface area (Å²) in [6.45, 7) is 1.83. The van der Waals surface area contributed by atoms with Crippen LogP contribution in [0.5, 0.6) is 0 Å². The summed E-state index contributed by atoms with van der Waals surface area (Å²) in [5.41, 5.74) is 1.71. The molecule has 8 heteroatoms. The molecular formula is C19H20N4O3S. The molecule has 2 aromatic carbocycles. The van der Waals surface area contributed by atoms with Crippen molar-refractivity contribution < 1.29 is 13.2 Å². The van der Waals surface area contributed by atoms with E-state index >= 15 is 0 Å². The molecule has 0 bridgehead atoms. The highest BCUT2D eigenvalue weighted by Gasteiger charge is 2.21. The molecule has 0 aliphatic heterocycles. The van der Waals surface area contributed by atoms with Crippen LogP contribution in [0.1, 0.15) is 16.1 Å². The first-order chi connectivity index (χ1) is 12.8. The predicted octanol–water partition coefficient (Wildman–Crippen LogP) is 2.81. The Kier molecular flexibility index (Phi) is 5.00. The van der Waals surface area contributed by atoms with Crippen LogP contribution in [0.15, 0.2) is 65.6 Å². The van der Waals surface area contributed by atoms with Crippen molar-refractivity contribution in [2.75, 3.05) is 16.7 Å². The minimum Gasteiger partial charge on any atom is -0.307 e. The van der Waals surface area contributed by atoms with Crippen molar-refractivity contribution >= 4 is 27.4 Å². The zero-order valence-electron chi connectivity index (χ0n) is 15.2. The lowest BCUT2D eigenvalue weighted by Gasteiger charge is -2.19. The number of nitrogens with zero attached hydrogens (tertiary/aromatic N) is 3. The van der Waals surface area contributed by atoms with Gasteiger partial charge in [-0.2, -0.15) is 5.10 Å². The average Bonchev–Trinajstić information content (AvgIpc) is 2.98. The molecule has 0 saturated carbocycles. The largest absolute Gasteiger partial charge is 0.307 e. The normalized spacial score (nSPS) is 11.2. The van der Waals surface area contributed by atoms with Crippen LogP contribution < -0.4 is 9.62 Å². The van der Waals surface area contributed by atoms with Crippen LogP contribution in [-0.4, -0.2) is 31.2 Å². The number of aromatic nitrogens is 2. The van der Waals surface area contributed by atoms with E-state index in [0.717, 1.165) is 5.69 Å². The third-order valence-corrected chi connectivity index (χ3v) is 5.94. The van der Waals surface area contributed by atoms with Gasteiger partial charge in [-0.05, 0) is 43.3 Å². The van der Waals surface area contributed by atoms with Crippen LogP contribution in [0.3, 0.4) is 0 Å². The summed E-state index contributed by atoms with van der Waals surface area (Å²) in [6, 6.07) is 16.4. The zero-order chi connectivity index (χ0) is 19.6. The summed E-state index contributed by atoms with van der Waals surface area (Å²) < 4.78 is 28.3. The minimum absolute atomic E-state index is 0.113. The Labute approximate surface area is 158 Å². The first kappa shape index (κ1) is 18.7. The molecule has 1 N–H and O–H groups in total. The summed E-state index contributed by atoms with van der Waals surface area (Å²) in [5, 5.41) is 6.93. The number of anilines is 2. The van der Waals surface area contributed by atoms with Crippen molar-refractivity contribution in [1.82, 2.24) is 9.78 Å². The number of amides is 1. The maximum absolute atomic E-state index is 12.8. The molecule has 7 nitrogen and oxygen atoms in total. The standard InChI is InChI=1S/C19H20N4O3S/c1-14-13-18(22(2)21-14)20-19(24)15-9-11-17(12-10-15)27(25,26)23(3)16-7-5-4-6-8-16/h4-13H,1-3H3,(H,20,24). The highest BCUT2D eigenvalue weighted by molar-refractivity contribution is 7.92. The van der Waals surface area contributed by atoms with Gasteiger partial charge in [0.1, 0.15) is 5.82 Å². The summed E-state index contributed by atoms with van der Waals surface area (Å²) in [7, 11) is -0.479. The van der Waals surface area contributed by atoms with E-state index in [4.69, 9.17) is 0 Å². The van der Waals surface area contributed by atoms with Crippen LogP contribution in [0, 0.1) is 6.92 Å². The first-order valence-corrected chi connectivity index (χ1v) is 9.69. The van der Waals surface area contributed by atoms with E-state index in [0.29, 0.717) is 17.1 Å². The molecule has 0 aliphatic carbocycles. The van der Waals surface area contributed by atoms with Gasteiger partial charge in [-0.15, -0.1) is 0 Å². The van der Waals surface area contributed by atoms with Crippen LogP contribution in [-0.2, 0) is 17.1 Å². The summed E-state index contributed by atoms with van der Waals surface area (Å²) in [5.74, 6) is 0.233. The Hall–Kier alpha value is -3.13. The van der Waals surface area contributed by atoms with E-state index in [2.05, 4.69) is 10.4 Å². The smallest absolute Gasteiger partial charge is 0.264 e. The fraction of sp³-hybridized carbons (Fsp3) is 0.158. The summed E-state index contributed by atoms with van der Waals surface area (Å²) in [6.07, 6.45) is 0. The fourth-order valence-corrected chi connectivity index (χ4v) is 3.82. The van der Waals surface area contributed by atoms with Crippen molar-refractivity contribution in [2.45, 2.75) is 11.8 Å². The van der Waals surface area contributed by atoms with E-state index in [-0.39, 0.29) is 10.8 Å². The number of para-hydroxylation sites is 1. The lowest BCUT2D eigenvalue weighted by atomic mass is 10.2. The zero-order valence-corrected chi connectivity index (χ0v) is 16.1. The molecule has 0 fully saturated rings. The van der Waals surface area contributed by atoms with Crippen molar-refractivity contribution in [3.8, 4) is 0 Å². The Morgan fingerprint density at radius 1 is 1.07 bits per heavy atom. The summed E-state index contributed by atoms with van der Waals surface area (Å²) in [4.78, 5) is 12.5. The molecule has 27 heavy (non-hydrogen) atoms. The third kappa shape index (κ3) is 3.85. The lowest BCUT2D eigenvalue weighted by molar-refractivity contribution is 0.102. The average molecular weight is 384 g/mol. The van der Waals surface area contributed by atoms with Gasteiger partial charge in [0, 0.05) is 25.7 Å². The Bertz CT molecular complexity index is 1060. The molecule has 0 unspecified atom stereocenters.